The number of hydrogen-bond donors (Lipinski definition) is 1. The first kappa shape index (κ1) is 13.1. The fraction of sp³-hybridized carbons (Fsp3) is 0.200. The lowest BCUT2D eigenvalue weighted by atomic mass is 10.00. The number of H-pyrrole nitrogens is 1. The Balaban J connectivity index is 2.49. The molecule has 0 radical (unpaired) electrons. The molecule has 0 spiro atoms. The smallest absolute Gasteiger partial charge is 0.354 e. The number of aromatic nitrogens is 1. The Morgan fingerprint density at radius 3 is 2.32 bits per heavy atom. The largest absolute Gasteiger partial charge is 0.464 e. The van der Waals surface area contributed by atoms with Crippen LogP contribution in [0, 0.1) is 13.8 Å². The van der Waals surface area contributed by atoms with Gasteiger partial charge in [0.05, 0.1) is 7.11 Å². The number of hydrogen-bond acceptors (Lipinski definition) is 3. The highest BCUT2D eigenvalue weighted by molar-refractivity contribution is 6.12. The van der Waals surface area contributed by atoms with Gasteiger partial charge in [-0.3, -0.25) is 4.79 Å². The second kappa shape index (κ2) is 5.10. The zero-order chi connectivity index (χ0) is 14.0. The van der Waals surface area contributed by atoms with Gasteiger partial charge in [-0.15, -0.1) is 0 Å². The monoisotopic (exact) mass is 257 g/mol. The molecule has 0 amide bonds. The lowest BCUT2D eigenvalue weighted by Gasteiger charge is -2.02. The Bertz CT molecular complexity index is 626. The van der Waals surface area contributed by atoms with Gasteiger partial charge in [0.15, 0.2) is 5.78 Å². The average molecular weight is 257 g/mol. The number of benzene rings is 1. The summed E-state index contributed by atoms with van der Waals surface area (Å²) < 4.78 is 4.69. The minimum atomic E-state index is -0.465. The molecule has 19 heavy (non-hydrogen) atoms. The van der Waals surface area contributed by atoms with Crippen molar-refractivity contribution in [1.82, 2.24) is 4.98 Å². The van der Waals surface area contributed by atoms with Gasteiger partial charge in [0.1, 0.15) is 5.69 Å². The first-order chi connectivity index (χ1) is 9.06. The van der Waals surface area contributed by atoms with Crippen molar-refractivity contribution < 1.29 is 14.3 Å². The summed E-state index contributed by atoms with van der Waals surface area (Å²) in [7, 11) is 1.32. The van der Waals surface area contributed by atoms with Crippen molar-refractivity contribution in [2.24, 2.45) is 0 Å². The van der Waals surface area contributed by atoms with Crippen molar-refractivity contribution in [3.8, 4) is 0 Å². The third kappa shape index (κ3) is 2.29. The maximum absolute atomic E-state index is 12.4. The standard InChI is InChI=1S/C15H15NO3/c1-9-12(10(2)16-13(9)15(18)19-3)14(17)11-7-5-4-6-8-11/h4-8,16H,1-3H3. The van der Waals surface area contributed by atoms with Crippen LogP contribution in [0.3, 0.4) is 0 Å². The van der Waals surface area contributed by atoms with Crippen molar-refractivity contribution >= 4 is 11.8 Å². The number of carbonyl (C=O) groups is 2. The van der Waals surface area contributed by atoms with Gasteiger partial charge in [0, 0.05) is 16.8 Å². The lowest BCUT2D eigenvalue weighted by Crippen LogP contribution is -2.06. The molecule has 1 N–H and O–H groups in total. The second-order valence-corrected chi connectivity index (χ2v) is 4.31. The molecule has 0 atom stereocenters. The van der Waals surface area contributed by atoms with Gasteiger partial charge in [-0.05, 0) is 19.4 Å². The van der Waals surface area contributed by atoms with E-state index in [9.17, 15) is 9.59 Å². The molecule has 0 bridgehead atoms. The highest BCUT2D eigenvalue weighted by atomic mass is 16.5. The van der Waals surface area contributed by atoms with Crippen LogP contribution in [0.1, 0.15) is 37.7 Å². The first-order valence-corrected chi connectivity index (χ1v) is 5.93. The summed E-state index contributed by atoms with van der Waals surface area (Å²) in [5.74, 6) is -0.560. The Morgan fingerprint density at radius 2 is 1.74 bits per heavy atom. The molecule has 1 heterocycles. The number of ether oxygens (including phenoxy) is 1. The van der Waals surface area contributed by atoms with Crippen LogP contribution < -0.4 is 0 Å². The molecule has 2 rings (SSSR count). The van der Waals surface area contributed by atoms with E-state index in [-0.39, 0.29) is 5.78 Å². The Labute approximate surface area is 111 Å². The summed E-state index contributed by atoms with van der Waals surface area (Å²) >= 11 is 0. The van der Waals surface area contributed by atoms with Gasteiger partial charge < -0.3 is 9.72 Å². The fourth-order valence-electron chi connectivity index (χ4n) is 2.13. The summed E-state index contributed by atoms with van der Waals surface area (Å²) in [6.45, 7) is 3.52. The molecule has 1 aromatic carbocycles. The van der Waals surface area contributed by atoms with Crippen molar-refractivity contribution in [3.05, 3.63) is 58.4 Å². The van der Waals surface area contributed by atoms with Crippen LogP contribution in [0.5, 0.6) is 0 Å². The van der Waals surface area contributed by atoms with Crippen molar-refractivity contribution in [3.63, 3.8) is 0 Å². The molecule has 1 aromatic heterocycles. The van der Waals surface area contributed by atoms with E-state index in [0.29, 0.717) is 28.1 Å². The molecule has 4 heteroatoms. The Morgan fingerprint density at radius 1 is 1.11 bits per heavy atom. The molecule has 0 saturated heterocycles. The van der Waals surface area contributed by atoms with E-state index >= 15 is 0 Å². The van der Waals surface area contributed by atoms with Gasteiger partial charge in [0.2, 0.25) is 0 Å². The summed E-state index contributed by atoms with van der Waals surface area (Å²) in [5, 5.41) is 0. The lowest BCUT2D eigenvalue weighted by molar-refractivity contribution is 0.0594. The topological polar surface area (TPSA) is 59.2 Å². The summed E-state index contributed by atoms with van der Waals surface area (Å²) in [6, 6.07) is 8.99. The van der Waals surface area contributed by atoms with Crippen molar-refractivity contribution in [2.75, 3.05) is 7.11 Å². The summed E-state index contributed by atoms with van der Waals surface area (Å²) in [5.41, 5.74) is 2.76. The predicted molar refractivity (Wildman–Crippen MR) is 71.5 cm³/mol. The summed E-state index contributed by atoms with van der Waals surface area (Å²) in [6.07, 6.45) is 0. The number of esters is 1. The van der Waals surface area contributed by atoms with Crippen LogP contribution in [-0.4, -0.2) is 23.8 Å². The van der Waals surface area contributed by atoms with Gasteiger partial charge in [-0.25, -0.2) is 4.79 Å². The molecule has 4 nitrogen and oxygen atoms in total. The number of rotatable bonds is 3. The molecule has 0 aliphatic rings. The number of methoxy groups -OCH3 is 1. The van der Waals surface area contributed by atoms with Gasteiger partial charge in [-0.1, -0.05) is 30.3 Å². The van der Waals surface area contributed by atoms with Gasteiger partial charge in [0.25, 0.3) is 0 Å². The SMILES string of the molecule is COC(=O)c1[nH]c(C)c(C(=O)c2ccccc2)c1C. The number of nitrogens with one attached hydrogen (secondary N) is 1. The van der Waals surface area contributed by atoms with Crippen LogP contribution in [0.15, 0.2) is 30.3 Å². The predicted octanol–water partition coefficient (Wildman–Crippen LogP) is 2.65. The normalized spacial score (nSPS) is 10.3. The molecular formula is C15H15NO3. The van der Waals surface area contributed by atoms with E-state index in [2.05, 4.69) is 9.72 Å². The maximum atomic E-state index is 12.4. The van der Waals surface area contributed by atoms with E-state index in [1.165, 1.54) is 7.11 Å². The van der Waals surface area contributed by atoms with Crippen LogP contribution in [0.25, 0.3) is 0 Å². The van der Waals surface area contributed by atoms with Crippen LogP contribution >= 0.6 is 0 Å². The maximum Gasteiger partial charge on any atom is 0.354 e. The van der Waals surface area contributed by atoms with E-state index < -0.39 is 5.97 Å². The average Bonchev–Trinajstić information content (AvgIpc) is 2.73. The van der Waals surface area contributed by atoms with Gasteiger partial charge in [-0.2, -0.15) is 0 Å². The molecule has 2 aromatic rings. The first-order valence-electron chi connectivity index (χ1n) is 5.93. The van der Waals surface area contributed by atoms with Crippen LogP contribution in [0.2, 0.25) is 0 Å². The molecule has 0 unspecified atom stereocenters. The molecule has 98 valence electrons. The molecule has 0 saturated carbocycles. The highest BCUT2D eigenvalue weighted by Gasteiger charge is 2.22. The van der Waals surface area contributed by atoms with E-state index in [1.54, 1.807) is 26.0 Å². The summed E-state index contributed by atoms with van der Waals surface area (Å²) in [4.78, 5) is 27.0. The van der Waals surface area contributed by atoms with Crippen molar-refractivity contribution in [2.45, 2.75) is 13.8 Å². The Hall–Kier alpha value is -2.36. The minimum Gasteiger partial charge on any atom is -0.464 e. The molecular weight excluding hydrogens is 242 g/mol. The third-order valence-electron chi connectivity index (χ3n) is 3.09. The second-order valence-electron chi connectivity index (χ2n) is 4.31. The van der Waals surface area contributed by atoms with Crippen LogP contribution in [0.4, 0.5) is 0 Å². The number of aryl methyl sites for hydroxylation is 1. The van der Waals surface area contributed by atoms with Crippen molar-refractivity contribution in [1.29, 1.82) is 0 Å². The molecule has 0 fully saturated rings. The zero-order valence-corrected chi connectivity index (χ0v) is 11.1. The molecule has 0 aliphatic heterocycles. The van der Waals surface area contributed by atoms with E-state index in [1.807, 2.05) is 18.2 Å². The quantitative estimate of drug-likeness (QED) is 0.679. The van der Waals surface area contributed by atoms with Gasteiger partial charge >= 0.3 is 5.97 Å². The zero-order valence-electron chi connectivity index (χ0n) is 11.1. The van der Waals surface area contributed by atoms with Crippen LogP contribution in [-0.2, 0) is 4.74 Å². The number of carbonyl (C=O) groups excluding carboxylic acids is 2. The third-order valence-corrected chi connectivity index (χ3v) is 3.09. The Kier molecular flexibility index (Phi) is 3.51. The molecule has 0 aliphatic carbocycles. The number of aromatic amines is 1. The highest BCUT2D eigenvalue weighted by Crippen LogP contribution is 2.21. The van der Waals surface area contributed by atoms with E-state index in [4.69, 9.17) is 0 Å². The number of ketones is 1. The minimum absolute atomic E-state index is 0.0954. The van der Waals surface area contributed by atoms with E-state index in [0.717, 1.165) is 0 Å². The fourth-order valence-corrected chi connectivity index (χ4v) is 2.13.